The first kappa shape index (κ1) is 63.6. The highest BCUT2D eigenvalue weighted by molar-refractivity contribution is 6.30. The second-order valence-corrected chi connectivity index (χ2v) is 20.3. The third kappa shape index (κ3) is 19.0. The number of hydrogen-bond acceptors (Lipinski definition) is 15. The van der Waals surface area contributed by atoms with E-state index < -0.39 is 79.3 Å². The number of carbonyl (C=O) groups is 6. The van der Waals surface area contributed by atoms with Crippen LogP contribution in [0, 0.1) is 23.0 Å². The minimum Gasteiger partial charge on any atom is -0.492 e. The zero-order valence-corrected chi connectivity index (χ0v) is 47.0. The third-order valence-electron chi connectivity index (χ3n) is 13.9. The molecule has 1 aliphatic carbocycles. The smallest absolute Gasteiger partial charge is 0.417 e. The Hall–Kier alpha value is -7.24. The summed E-state index contributed by atoms with van der Waals surface area (Å²) in [5, 5.41) is 0. The molecule has 0 radical (unpaired) electrons. The van der Waals surface area contributed by atoms with Crippen LogP contribution in [0.15, 0.2) is 97.1 Å². The van der Waals surface area contributed by atoms with E-state index in [1.54, 1.807) is 30.3 Å². The summed E-state index contributed by atoms with van der Waals surface area (Å²) in [4.78, 5) is 76.1. The van der Waals surface area contributed by atoms with Crippen LogP contribution in [-0.4, -0.2) is 109 Å². The average molecular weight is 1110 g/mol. The van der Waals surface area contributed by atoms with Gasteiger partial charge < -0.3 is 42.6 Å². The quantitative estimate of drug-likeness (QED) is 0.0158. The zero-order chi connectivity index (χ0) is 58.2. The number of ether oxygens (including phenoxy) is 9. The van der Waals surface area contributed by atoms with Crippen LogP contribution >= 0.6 is 0 Å². The lowest BCUT2D eigenvalue weighted by Gasteiger charge is -2.32. The first-order valence-corrected chi connectivity index (χ1v) is 27.2. The molecule has 0 aromatic heterocycles. The summed E-state index contributed by atoms with van der Waals surface area (Å²) < 4.78 is 80.0. The average Bonchev–Trinajstić information content (AvgIpc) is 3.50. The maximum Gasteiger partial charge on any atom is 0.417 e. The highest BCUT2D eigenvalue weighted by atomic mass is 19.1. The van der Waals surface area contributed by atoms with Gasteiger partial charge in [0.2, 0.25) is 0 Å². The van der Waals surface area contributed by atoms with Crippen molar-refractivity contribution in [3.05, 3.63) is 125 Å². The van der Waals surface area contributed by atoms with E-state index in [-0.39, 0.29) is 61.9 Å². The Bertz CT molecular complexity index is 2720. The van der Waals surface area contributed by atoms with Gasteiger partial charge in [-0.1, -0.05) is 101 Å². The Balaban J connectivity index is 1.45. The van der Waals surface area contributed by atoms with Crippen LogP contribution in [0.2, 0.25) is 0 Å². The molecule has 1 saturated carbocycles. The Morgan fingerprint density at radius 2 is 1.05 bits per heavy atom. The van der Waals surface area contributed by atoms with Gasteiger partial charge in [0.25, 0.3) is 0 Å². The van der Waals surface area contributed by atoms with E-state index in [1.165, 1.54) is 84.3 Å². The molecular formula is C63H76F2O15. The molecule has 432 valence electrons. The molecular weight excluding hydrogens is 1030 g/mol. The van der Waals surface area contributed by atoms with Gasteiger partial charge in [0.05, 0.1) is 25.4 Å². The van der Waals surface area contributed by atoms with Crippen molar-refractivity contribution in [1.82, 2.24) is 0 Å². The van der Waals surface area contributed by atoms with Crippen LogP contribution in [0.5, 0.6) is 5.75 Å². The molecule has 0 heterocycles. The Morgan fingerprint density at radius 3 is 1.60 bits per heavy atom. The largest absolute Gasteiger partial charge is 0.492 e. The standard InChI is InChI=1S/C63H76F2O15/c1-9-11-12-14-43-16-18-45(19-17-43)46-20-22-47(23-21-46)51-35-53(64)56(54(65)36-51)50-24-26-52(44(10-2)33-50)48-25-27-55(49(34-48)15-13-28-74-57(66)41(3)4)77-37-63(38-78-58(67)42(5)6,39-79-61(70)59(68)75-31-29-72-7)40-80-62(71)60(69)76-32-30-73-8/h20-27,33-36,43,45H,3,5,9-19,28-32,37-40H2,1-2,4,6-8H3. The highest BCUT2D eigenvalue weighted by Crippen LogP contribution is 2.40. The minimum absolute atomic E-state index is 0.000720. The lowest BCUT2D eigenvalue weighted by molar-refractivity contribution is -0.179. The molecule has 0 amide bonds. The molecule has 4 aromatic rings. The molecule has 0 unspecified atom stereocenters. The molecule has 80 heavy (non-hydrogen) atoms. The first-order chi connectivity index (χ1) is 38.4. The predicted molar refractivity (Wildman–Crippen MR) is 296 cm³/mol. The van der Waals surface area contributed by atoms with Crippen molar-refractivity contribution in [2.45, 2.75) is 104 Å². The molecule has 4 aromatic carbocycles. The summed E-state index contributed by atoms with van der Waals surface area (Å²) in [6, 6.07) is 21.3. The van der Waals surface area contributed by atoms with Gasteiger partial charge in [0.15, 0.2) is 0 Å². The molecule has 0 bridgehead atoms. The fourth-order valence-corrected chi connectivity index (χ4v) is 9.32. The maximum absolute atomic E-state index is 16.2. The predicted octanol–water partition coefficient (Wildman–Crippen LogP) is 11.4. The number of aryl methyl sites for hydroxylation is 2. The number of hydrogen-bond donors (Lipinski definition) is 0. The zero-order valence-electron chi connectivity index (χ0n) is 47.0. The van der Waals surface area contributed by atoms with Gasteiger partial charge in [-0.3, -0.25) is 0 Å². The van der Waals surface area contributed by atoms with Crippen molar-refractivity contribution in [1.29, 1.82) is 0 Å². The van der Waals surface area contributed by atoms with Gasteiger partial charge in [-0.25, -0.2) is 37.5 Å². The number of methoxy groups -OCH3 is 2. The molecule has 0 spiro atoms. The van der Waals surface area contributed by atoms with E-state index >= 15 is 8.78 Å². The molecule has 1 aliphatic rings. The lowest BCUT2D eigenvalue weighted by Crippen LogP contribution is -2.45. The number of rotatable bonds is 30. The normalized spacial score (nSPS) is 14.1. The molecule has 0 saturated heterocycles. The fourth-order valence-electron chi connectivity index (χ4n) is 9.32. The summed E-state index contributed by atoms with van der Waals surface area (Å²) in [6.07, 6.45) is 10.9. The third-order valence-corrected chi connectivity index (χ3v) is 13.9. The van der Waals surface area contributed by atoms with Gasteiger partial charge in [0, 0.05) is 25.4 Å². The van der Waals surface area contributed by atoms with Crippen molar-refractivity contribution in [3.63, 3.8) is 0 Å². The topological polar surface area (TPSA) is 185 Å². The number of carbonyl (C=O) groups excluding carboxylic acids is 6. The monoisotopic (exact) mass is 1110 g/mol. The first-order valence-electron chi connectivity index (χ1n) is 27.2. The maximum atomic E-state index is 16.2. The molecule has 0 atom stereocenters. The number of esters is 6. The van der Waals surface area contributed by atoms with Crippen molar-refractivity contribution < 1.29 is 80.2 Å². The van der Waals surface area contributed by atoms with E-state index in [0.717, 1.165) is 35.4 Å². The summed E-state index contributed by atoms with van der Waals surface area (Å²) in [6.45, 7) is 11.0. The van der Waals surface area contributed by atoms with Gasteiger partial charge in [-0.2, -0.15) is 0 Å². The molecule has 17 heteroatoms. The van der Waals surface area contributed by atoms with Crippen LogP contribution in [0.25, 0.3) is 33.4 Å². The van der Waals surface area contributed by atoms with E-state index in [4.69, 9.17) is 42.6 Å². The number of halogens is 2. The fraction of sp³-hybridized carbons (Fsp3) is 0.460. The number of unbranched alkanes of at least 4 members (excludes halogenated alkanes) is 2. The Morgan fingerprint density at radius 1 is 0.537 bits per heavy atom. The van der Waals surface area contributed by atoms with Crippen molar-refractivity contribution >= 4 is 35.8 Å². The molecule has 1 fully saturated rings. The van der Waals surface area contributed by atoms with Crippen LogP contribution in [-0.2, 0) is 79.5 Å². The molecule has 0 aliphatic heterocycles. The summed E-state index contributed by atoms with van der Waals surface area (Å²) in [5.74, 6) is -6.97. The molecule has 0 N–H and O–H groups in total. The van der Waals surface area contributed by atoms with Gasteiger partial charge in [-0.05, 0) is 139 Å². The van der Waals surface area contributed by atoms with E-state index in [2.05, 4.69) is 32.2 Å². The van der Waals surface area contributed by atoms with Crippen molar-refractivity contribution in [3.8, 4) is 39.1 Å². The van der Waals surface area contributed by atoms with E-state index in [9.17, 15) is 28.8 Å². The Labute approximate surface area is 468 Å². The van der Waals surface area contributed by atoms with Crippen molar-refractivity contribution in [2.75, 3.05) is 73.7 Å². The van der Waals surface area contributed by atoms with Crippen molar-refractivity contribution in [2.24, 2.45) is 11.3 Å². The van der Waals surface area contributed by atoms with E-state index in [1.807, 2.05) is 25.1 Å². The summed E-state index contributed by atoms with van der Waals surface area (Å²) in [7, 11) is 2.73. The van der Waals surface area contributed by atoms with Gasteiger partial charge in [0.1, 0.15) is 62.4 Å². The van der Waals surface area contributed by atoms with Crippen LogP contribution in [0.4, 0.5) is 8.78 Å². The summed E-state index contributed by atoms with van der Waals surface area (Å²) in [5.41, 5.74) is 3.79. The summed E-state index contributed by atoms with van der Waals surface area (Å²) >= 11 is 0. The Kier molecular flexibility index (Phi) is 25.5. The van der Waals surface area contributed by atoms with Gasteiger partial charge >= 0.3 is 35.8 Å². The number of benzene rings is 4. The minimum atomic E-state index is -1.81. The molecule has 15 nitrogen and oxygen atoms in total. The molecule has 5 rings (SSSR count). The van der Waals surface area contributed by atoms with Crippen LogP contribution in [0.1, 0.15) is 108 Å². The second-order valence-electron chi connectivity index (χ2n) is 20.3. The SMILES string of the molecule is C=C(C)C(=O)OCCCc1cc(-c2ccc(-c3c(F)cc(-c4ccc(C5CCC(CCCCC)CC5)cc4)cc3F)cc2CC)ccc1OCC(COC(=O)C(=C)C)(COC(=O)C(=O)OCCOC)COC(=O)C(=O)OCCOC. The van der Waals surface area contributed by atoms with Crippen LogP contribution in [0.3, 0.4) is 0 Å². The van der Waals surface area contributed by atoms with E-state index in [0.29, 0.717) is 41.0 Å². The lowest BCUT2D eigenvalue weighted by atomic mass is 9.77. The second kappa shape index (κ2) is 32.1. The highest BCUT2D eigenvalue weighted by Gasteiger charge is 2.40. The van der Waals surface area contributed by atoms with Gasteiger partial charge in [-0.15, -0.1) is 0 Å². The van der Waals surface area contributed by atoms with Crippen LogP contribution < -0.4 is 4.74 Å².